The van der Waals surface area contributed by atoms with Gasteiger partial charge in [0.25, 0.3) is 5.91 Å². The van der Waals surface area contributed by atoms with Crippen LogP contribution < -0.4 is 15.6 Å². The molecule has 210 valence electrons. The van der Waals surface area contributed by atoms with Crippen LogP contribution in [0.25, 0.3) is 5.70 Å². The van der Waals surface area contributed by atoms with E-state index in [1.807, 2.05) is 13.0 Å². The number of carbonyl (C=O) groups excluding carboxylic acids is 1. The molecule has 4 atom stereocenters. The lowest BCUT2D eigenvalue weighted by Crippen LogP contribution is -2.55. The molecule has 0 radical (unpaired) electrons. The number of amides is 1. The number of nitrogens with zero attached hydrogens (tertiary/aromatic N) is 3. The molecular formula is C28H28ClF2N5O3P-. The van der Waals surface area contributed by atoms with Gasteiger partial charge >= 0.3 is 0 Å². The van der Waals surface area contributed by atoms with Crippen molar-refractivity contribution in [3.8, 4) is 6.07 Å². The van der Waals surface area contributed by atoms with E-state index in [-0.39, 0.29) is 34.7 Å². The molecule has 1 amide bonds. The van der Waals surface area contributed by atoms with Crippen LogP contribution >= 0.6 is 19.0 Å². The first-order valence-corrected chi connectivity index (χ1v) is 15.5. The van der Waals surface area contributed by atoms with Gasteiger partial charge in [0, 0.05) is 45.1 Å². The monoisotopic (exact) mass is 586 g/mol. The summed E-state index contributed by atoms with van der Waals surface area (Å²) in [4.78, 5) is 27.2. The smallest absolute Gasteiger partial charge is 0.255 e. The third-order valence-corrected chi connectivity index (χ3v) is 8.96. The van der Waals surface area contributed by atoms with Gasteiger partial charge in [-0.1, -0.05) is 11.6 Å². The molecule has 3 aliphatic rings. The van der Waals surface area contributed by atoms with Crippen molar-refractivity contribution in [2.45, 2.75) is 37.5 Å². The third-order valence-electron chi connectivity index (χ3n) is 7.60. The van der Waals surface area contributed by atoms with Gasteiger partial charge in [0.2, 0.25) is 0 Å². The Labute approximate surface area is 236 Å². The predicted molar refractivity (Wildman–Crippen MR) is 146 cm³/mol. The molecule has 0 saturated carbocycles. The Morgan fingerprint density at radius 2 is 1.98 bits per heavy atom. The number of nitriles is 1. The highest BCUT2D eigenvalue weighted by atomic mass is 35.5. The zero-order valence-corrected chi connectivity index (χ0v) is 23.8. The van der Waals surface area contributed by atoms with Crippen LogP contribution in [0, 0.1) is 23.0 Å². The number of likely N-dealkylation sites (tertiary alicyclic amines) is 1. The van der Waals surface area contributed by atoms with E-state index in [0.29, 0.717) is 41.9 Å². The second-order valence-electron chi connectivity index (χ2n) is 10.6. The van der Waals surface area contributed by atoms with Crippen LogP contribution in [0.5, 0.6) is 0 Å². The topological polar surface area (TPSA) is 112 Å². The van der Waals surface area contributed by atoms with Crippen LogP contribution in [0.1, 0.15) is 46.3 Å². The number of rotatable bonds is 5. The fourth-order valence-electron chi connectivity index (χ4n) is 5.89. The van der Waals surface area contributed by atoms with E-state index in [2.05, 4.69) is 10.7 Å². The fourth-order valence-corrected chi connectivity index (χ4v) is 7.07. The van der Waals surface area contributed by atoms with Crippen molar-refractivity contribution < 1.29 is 23.0 Å². The number of fused-ring (bicyclic) bond motifs is 1. The van der Waals surface area contributed by atoms with Crippen molar-refractivity contribution >= 4 is 30.6 Å². The minimum atomic E-state index is -3.65. The van der Waals surface area contributed by atoms with Gasteiger partial charge in [-0.15, -0.1) is 0 Å². The molecule has 40 heavy (non-hydrogen) atoms. The Hall–Kier alpha value is -3.22. The van der Waals surface area contributed by atoms with Gasteiger partial charge in [-0.25, -0.2) is 14.2 Å². The molecule has 1 saturated heterocycles. The Bertz CT molecular complexity index is 1550. The lowest BCUT2D eigenvalue weighted by atomic mass is 9.89. The molecule has 3 heterocycles. The van der Waals surface area contributed by atoms with E-state index < -0.39 is 24.9 Å². The summed E-state index contributed by atoms with van der Waals surface area (Å²) in [6.45, 7) is 3.71. The average molecular weight is 587 g/mol. The number of hydrazine groups is 1. The fraction of sp³-hybridized carbons (Fsp3) is 0.357. The van der Waals surface area contributed by atoms with E-state index in [1.54, 1.807) is 29.1 Å². The van der Waals surface area contributed by atoms with Crippen molar-refractivity contribution in [2.75, 3.05) is 26.8 Å². The molecule has 8 nitrogen and oxygen atoms in total. The van der Waals surface area contributed by atoms with Gasteiger partial charge < -0.3 is 24.7 Å². The Morgan fingerprint density at radius 3 is 2.65 bits per heavy atom. The molecule has 3 unspecified atom stereocenters. The van der Waals surface area contributed by atoms with Gasteiger partial charge in [0.05, 0.1) is 28.4 Å². The summed E-state index contributed by atoms with van der Waals surface area (Å²) in [5.41, 5.74) is 6.83. The van der Waals surface area contributed by atoms with E-state index in [1.165, 1.54) is 18.2 Å². The minimum absolute atomic E-state index is 0.0534. The first kappa shape index (κ1) is 28.3. The molecule has 0 aliphatic carbocycles. The minimum Gasteiger partial charge on any atom is -0.799 e. The zero-order chi connectivity index (χ0) is 28.9. The number of carbonyl (C=O) groups is 1. The first-order chi connectivity index (χ1) is 18.9. The standard InChI is InChI=1S/C28H29ClF2N5O3P/c1-15-26-22(27(35(2)34-26)17-6-16(7-19(30)8-17)14-40(3,38)39)4-5-36(15)28(37)24-11-20(31)10-23(25(24)29)18-9-21(12-32)33-13-18/h6-11,15,18,26,33-34H,4-5,13-14H2,1-3H3,(H,38,39)/p-1/t15-,18?,26?/m1/s1. The summed E-state index contributed by atoms with van der Waals surface area (Å²) in [5.74, 6) is -1.88. The predicted octanol–water partition coefficient (Wildman–Crippen LogP) is 3.94. The van der Waals surface area contributed by atoms with Crippen molar-refractivity contribution in [1.29, 1.82) is 5.26 Å². The highest BCUT2D eigenvalue weighted by Gasteiger charge is 2.42. The van der Waals surface area contributed by atoms with Gasteiger partial charge in [-0.2, -0.15) is 5.26 Å². The summed E-state index contributed by atoms with van der Waals surface area (Å²) in [5, 5.41) is 14.0. The molecule has 12 heteroatoms. The number of hydrogen-bond acceptors (Lipinski definition) is 7. The van der Waals surface area contributed by atoms with Crippen molar-refractivity contribution in [3.05, 3.63) is 86.6 Å². The average Bonchev–Trinajstić information content (AvgIpc) is 3.48. The molecule has 1 fully saturated rings. The largest absolute Gasteiger partial charge is 0.799 e. The maximum absolute atomic E-state index is 14.7. The molecule has 2 N–H and O–H groups in total. The van der Waals surface area contributed by atoms with Crippen molar-refractivity contribution in [1.82, 2.24) is 20.7 Å². The van der Waals surface area contributed by atoms with Crippen LogP contribution in [-0.4, -0.2) is 54.7 Å². The highest BCUT2D eigenvalue weighted by Crippen LogP contribution is 2.40. The quantitative estimate of drug-likeness (QED) is 0.511. The Kier molecular flexibility index (Phi) is 7.53. The molecular weight excluding hydrogens is 559 g/mol. The lowest BCUT2D eigenvalue weighted by Gasteiger charge is -2.39. The molecule has 3 aliphatic heterocycles. The number of benzene rings is 2. The number of allylic oxidation sites excluding steroid dienone is 1. The summed E-state index contributed by atoms with van der Waals surface area (Å²) < 4.78 is 41.1. The SMILES string of the molecule is C[C@@H]1C2NN(C)C(c3cc(F)cc(CP(C)(=O)[O-])c3)=C2CCN1C(=O)c1cc(F)cc(C2C=C(C#N)NC2)c1Cl. The van der Waals surface area contributed by atoms with E-state index in [0.717, 1.165) is 24.0 Å². The molecule has 2 aromatic carbocycles. The van der Waals surface area contributed by atoms with E-state index in [4.69, 9.17) is 16.9 Å². The summed E-state index contributed by atoms with van der Waals surface area (Å²) in [6.07, 6.45) is 1.89. The summed E-state index contributed by atoms with van der Waals surface area (Å²) in [6, 6.07) is 8.08. The van der Waals surface area contributed by atoms with E-state index in [9.17, 15) is 23.0 Å². The zero-order valence-electron chi connectivity index (χ0n) is 22.2. The van der Waals surface area contributed by atoms with Crippen LogP contribution in [-0.2, 0) is 10.7 Å². The van der Waals surface area contributed by atoms with Gasteiger partial charge in [0.1, 0.15) is 23.4 Å². The number of halogens is 3. The maximum Gasteiger partial charge on any atom is 0.255 e. The van der Waals surface area contributed by atoms with Gasteiger partial charge in [-0.3, -0.25) is 4.79 Å². The Balaban J connectivity index is 1.44. The molecule has 0 bridgehead atoms. The van der Waals surface area contributed by atoms with Gasteiger partial charge in [0.15, 0.2) is 0 Å². The van der Waals surface area contributed by atoms with Crippen LogP contribution in [0.2, 0.25) is 5.02 Å². The van der Waals surface area contributed by atoms with Crippen molar-refractivity contribution in [3.63, 3.8) is 0 Å². The summed E-state index contributed by atoms with van der Waals surface area (Å²) >= 11 is 6.66. The molecule has 0 spiro atoms. The Morgan fingerprint density at radius 1 is 1.25 bits per heavy atom. The van der Waals surface area contributed by atoms with E-state index >= 15 is 0 Å². The first-order valence-electron chi connectivity index (χ1n) is 12.8. The van der Waals surface area contributed by atoms with Crippen molar-refractivity contribution in [2.24, 2.45) is 0 Å². The van der Waals surface area contributed by atoms with Crippen LogP contribution in [0.15, 0.2) is 47.7 Å². The second-order valence-corrected chi connectivity index (χ2v) is 13.3. The summed E-state index contributed by atoms with van der Waals surface area (Å²) in [7, 11) is -1.86. The highest BCUT2D eigenvalue weighted by molar-refractivity contribution is 7.54. The lowest BCUT2D eigenvalue weighted by molar-refractivity contribution is -0.173. The van der Waals surface area contributed by atoms with Crippen LogP contribution in [0.3, 0.4) is 0 Å². The molecule has 2 aromatic rings. The number of hydrogen-bond donors (Lipinski definition) is 2. The molecule has 0 aromatic heterocycles. The normalized spacial score (nSPS) is 23.9. The van der Waals surface area contributed by atoms with Crippen LogP contribution in [0.4, 0.5) is 8.78 Å². The maximum atomic E-state index is 14.7. The molecule has 5 rings (SSSR count). The third kappa shape index (κ3) is 5.39. The number of piperidine rings is 1. The number of nitrogens with one attached hydrogen (secondary N) is 2. The second kappa shape index (κ2) is 10.6. The van der Waals surface area contributed by atoms with Gasteiger partial charge in [-0.05, 0) is 73.1 Å².